The van der Waals surface area contributed by atoms with Crippen LogP contribution in [-0.4, -0.2) is 39.8 Å². The minimum Gasteiger partial charge on any atom is -0.481 e. The molecule has 0 radical (unpaired) electrons. The molecule has 152 valence electrons. The Morgan fingerprint density at radius 1 is 1.00 bits per heavy atom. The van der Waals surface area contributed by atoms with Crippen LogP contribution < -0.4 is 0 Å². The van der Waals surface area contributed by atoms with Gasteiger partial charge in [0.1, 0.15) is 5.78 Å². The first kappa shape index (κ1) is 23.1. The van der Waals surface area contributed by atoms with Crippen LogP contribution in [0, 0.1) is 17.8 Å². The largest absolute Gasteiger partial charge is 0.481 e. The lowest BCUT2D eigenvalue weighted by Gasteiger charge is -2.21. The summed E-state index contributed by atoms with van der Waals surface area (Å²) in [5.74, 6) is -0.718. The Kier molecular flexibility index (Phi) is 11.8. The molecule has 26 heavy (non-hydrogen) atoms. The molecule has 5 heteroatoms. The Balaban J connectivity index is 2.22. The van der Waals surface area contributed by atoms with E-state index in [4.69, 9.17) is 10.2 Å². The fourth-order valence-electron chi connectivity index (χ4n) is 4.10. The zero-order valence-electron chi connectivity index (χ0n) is 16.4. The molecule has 0 spiro atoms. The Morgan fingerprint density at radius 2 is 1.58 bits per heavy atom. The van der Waals surface area contributed by atoms with Crippen LogP contribution in [0.15, 0.2) is 0 Å². The molecule has 0 aromatic heterocycles. The lowest BCUT2D eigenvalue weighted by molar-refractivity contribution is -0.141. The molecule has 0 saturated heterocycles. The summed E-state index contributed by atoms with van der Waals surface area (Å²) in [6, 6.07) is 0. The summed E-state index contributed by atoms with van der Waals surface area (Å²) in [5.41, 5.74) is 0. The zero-order chi connectivity index (χ0) is 19.4. The van der Waals surface area contributed by atoms with E-state index in [9.17, 15) is 14.7 Å². The molecule has 1 unspecified atom stereocenters. The third-order valence-corrected chi connectivity index (χ3v) is 5.85. The summed E-state index contributed by atoms with van der Waals surface area (Å²) >= 11 is 0. The number of ketones is 1. The molecule has 1 aliphatic rings. The third kappa shape index (κ3) is 8.63. The predicted octanol–water partition coefficient (Wildman–Crippen LogP) is 3.95. The Labute approximate surface area is 158 Å². The van der Waals surface area contributed by atoms with Gasteiger partial charge in [-0.1, -0.05) is 58.3 Å². The number of aliphatic hydroxyl groups is 2. The van der Waals surface area contributed by atoms with Gasteiger partial charge in [0.2, 0.25) is 0 Å². The monoisotopic (exact) mass is 370 g/mol. The van der Waals surface area contributed by atoms with E-state index in [1.165, 1.54) is 0 Å². The van der Waals surface area contributed by atoms with Crippen molar-refractivity contribution in [2.45, 2.75) is 96.5 Å². The minimum atomic E-state index is -0.740. The number of Topliss-reactive ketones (excluding diaryl/α,β-unsaturated/α-hetero) is 1. The maximum atomic E-state index is 12.2. The lowest BCUT2D eigenvalue weighted by atomic mass is 9.85. The van der Waals surface area contributed by atoms with Crippen molar-refractivity contribution in [3.8, 4) is 0 Å². The summed E-state index contributed by atoms with van der Waals surface area (Å²) in [6.07, 6.45) is 11.5. The van der Waals surface area contributed by atoms with Crippen molar-refractivity contribution in [2.24, 2.45) is 17.8 Å². The number of aliphatic carboxylic acids is 1. The van der Waals surface area contributed by atoms with Crippen molar-refractivity contribution in [2.75, 3.05) is 6.61 Å². The molecular formula is C21H38O5. The molecule has 1 rings (SSSR count). The van der Waals surface area contributed by atoms with Gasteiger partial charge in [0.15, 0.2) is 0 Å². The van der Waals surface area contributed by atoms with Crippen LogP contribution in [0.4, 0.5) is 0 Å². The average molecular weight is 371 g/mol. The van der Waals surface area contributed by atoms with E-state index >= 15 is 0 Å². The Bertz CT molecular complexity index is 409. The van der Waals surface area contributed by atoms with Gasteiger partial charge < -0.3 is 15.3 Å². The lowest BCUT2D eigenvalue weighted by Crippen LogP contribution is -2.20. The second kappa shape index (κ2) is 13.3. The summed E-state index contributed by atoms with van der Waals surface area (Å²) in [5, 5.41) is 27.9. The van der Waals surface area contributed by atoms with Gasteiger partial charge >= 0.3 is 5.97 Å². The molecular weight excluding hydrogens is 332 g/mol. The standard InChI is InChI=1S/C21H38O5/c1-16(21(25)26)11-7-6-9-13-18-17(19(23)15-20(18)24)12-8-4-2-3-5-10-14-22/h16-19,22-23H,2-15H2,1H3,(H,25,26)/t16?,17-,18-,19-/m1/s1. The van der Waals surface area contributed by atoms with E-state index in [-0.39, 0.29) is 30.1 Å². The number of carbonyl (C=O) groups excluding carboxylic acids is 1. The molecule has 1 aliphatic carbocycles. The molecule has 0 aromatic carbocycles. The molecule has 0 aliphatic heterocycles. The average Bonchev–Trinajstić information content (AvgIpc) is 2.86. The molecule has 5 nitrogen and oxygen atoms in total. The normalized spacial score (nSPS) is 24.1. The molecule has 1 fully saturated rings. The van der Waals surface area contributed by atoms with Gasteiger partial charge in [0, 0.05) is 18.9 Å². The summed E-state index contributed by atoms with van der Waals surface area (Å²) < 4.78 is 0. The molecule has 0 aromatic rings. The van der Waals surface area contributed by atoms with Gasteiger partial charge in [0.25, 0.3) is 0 Å². The first-order valence-electron chi connectivity index (χ1n) is 10.5. The Hall–Kier alpha value is -0.940. The fraction of sp³-hybridized carbons (Fsp3) is 0.905. The quantitative estimate of drug-likeness (QED) is 0.379. The smallest absolute Gasteiger partial charge is 0.306 e. The molecule has 0 amide bonds. The topological polar surface area (TPSA) is 94.8 Å². The van der Waals surface area contributed by atoms with Crippen molar-refractivity contribution in [3.05, 3.63) is 0 Å². The Morgan fingerprint density at radius 3 is 2.23 bits per heavy atom. The van der Waals surface area contributed by atoms with Crippen molar-refractivity contribution in [1.82, 2.24) is 0 Å². The summed E-state index contributed by atoms with van der Waals surface area (Å²) in [4.78, 5) is 23.0. The predicted molar refractivity (Wildman–Crippen MR) is 102 cm³/mol. The maximum Gasteiger partial charge on any atom is 0.306 e. The van der Waals surface area contributed by atoms with Crippen molar-refractivity contribution in [3.63, 3.8) is 0 Å². The van der Waals surface area contributed by atoms with E-state index in [1.54, 1.807) is 6.92 Å². The van der Waals surface area contributed by atoms with Crippen LogP contribution in [0.25, 0.3) is 0 Å². The summed E-state index contributed by atoms with van der Waals surface area (Å²) in [7, 11) is 0. The number of carboxylic acid groups (broad SMARTS) is 1. The highest BCUT2D eigenvalue weighted by molar-refractivity contribution is 5.84. The number of carboxylic acids is 1. The van der Waals surface area contributed by atoms with Crippen LogP contribution in [-0.2, 0) is 9.59 Å². The van der Waals surface area contributed by atoms with Gasteiger partial charge in [-0.3, -0.25) is 9.59 Å². The molecule has 1 saturated carbocycles. The maximum absolute atomic E-state index is 12.2. The number of aliphatic hydroxyl groups excluding tert-OH is 2. The van der Waals surface area contributed by atoms with E-state index < -0.39 is 12.1 Å². The van der Waals surface area contributed by atoms with Crippen molar-refractivity contribution >= 4 is 11.8 Å². The number of rotatable bonds is 15. The van der Waals surface area contributed by atoms with Crippen LogP contribution in [0.2, 0.25) is 0 Å². The molecule has 4 atom stereocenters. The number of hydrogen-bond donors (Lipinski definition) is 3. The highest BCUT2D eigenvalue weighted by atomic mass is 16.4. The van der Waals surface area contributed by atoms with E-state index in [1.807, 2.05) is 0 Å². The van der Waals surface area contributed by atoms with Crippen molar-refractivity contribution < 1.29 is 24.9 Å². The van der Waals surface area contributed by atoms with Crippen LogP contribution in [0.3, 0.4) is 0 Å². The second-order valence-corrected chi connectivity index (χ2v) is 8.02. The highest BCUT2D eigenvalue weighted by Crippen LogP contribution is 2.36. The van der Waals surface area contributed by atoms with Gasteiger partial charge in [-0.2, -0.15) is 0 Å². The van der Waals surface area contributed by atoms with Crippen molar-refractivity contribution in [1.29, 1.82) is 0 Å². The number of hydrogen-bond acceptors (Lipinski definition) is 4. The van der Waals surface area contributed by atoms with Gasteiger partial charge in [-0.05, 0) is 31.6 Å². The van der Waals surface area contributed by atoms with E-state index in [0.29, 0.717) is 12.8 Å². The van der Waals surface area contributed by atoms with Crippen LogP contribution in [0.1, 0.15) is 90.4 Å². The molecule has 0 heterocycles. The number of carbonyl (C=O) groups is 2. The SMILES string of the molecule is CC(CCCCC[C@H]1C(=O)C[C@@H](O)[C@@H]1CCCCCCCCO)C(=O)O. The van der Waals surface area contributed by atoms with Crippen LogP contribution >= 0.6 is 0 Å². The van der Waals surface area contributed by atoms with Gasteiger partial charge in [-0.15, -0.1) is 0 Å². The third-order valence-electron chi connectivity index (χ3n) is 5.85. The van der Waals surface area contributed by atoms with E-state index in [0.717, 1.165) is 70.6 Å². The highest BCUT2D eigenvalue weighted by Gasteiger charge is 2.40. The van der Waals surface area contributed by atoms with Gasteiger partial charge in [0.05, 0.1) is 12.0 Å². The molecule has 3 N–H and O–H groups in total. The summed E-state index contributed by atoms with van der Waals surface area (Å²) in [6.45, 7) is 2.01. The van der Waals surface area contributed by atoms with Crippen LogP contribution in [0.5, 0.6) is 0 Å². The zero-order valence-corrected chi connectivity index (χ0v) is 16.4. The molecule has 0 bridgehead atoms. The first-order valence-corrected chi connectivity index (χ1v) is 10.5. The second-order valence-electron chi connectivity index (χ2n) is 8.02. The fourth-order valence-corrected chi connectivity index (χ4v) is 4.10. The van der Waals surface area contributed by atoms with E-state index in [2.05, 4.69) is 0 Å². The number of unbranched alkanes of at least 4 members (excludes halogenated alkanes) is 7. The minimum absolute atomic E-state index is 0.00344. The van der Waals surface area contributed by atoms with Gasteiger partial charge in [-0.25, -0.2) is 0 Å². The first-order chi connectivity index (χ1) is 12.5.